The maximum Gasteiger partial charge on any atom is 0.119 e. The Hall–Kier alpha value is -1.95. The Morgan fingerprint density at radius 2 is 1.82 bits per heavy atom. The zero-order valence-electron chi connectivity index (χ0n) is 16.7. The number of nitrogens with one attached hydrogen (secondary N) is 1. The van der Waals surface area contributed by atoms with E-state index in [0.29, 0.717) is 13.2 Å². The molecule has 152 valence electrons. The molecule has 2 aromatic rings. The molecule has 1 aromatic carbocycles. The SMILES string of the molecule is OC(COc1cccc(CNCCc2ccncc2)c1)CN1CCCCCC1. The molecule has 1 aromatic heterocycles. The van der Waals surface area contributed by atoms with E-state index >= 15 is 0 Å². The lowest BCUT2D eigenvalue weighted by atomic mass is 10.2. The smallest absolute Gasteiger partial charge is 0.119 e. The Balaban J connectivity index is 1.36. The van der Waals surface area contributed by atoms with Gasteiger partial charge >= 0.3 is 0 Å². The van der Waals surface area contributed by atoms with E-state index in [2.05, 4.69) is 27.3 Å². The molecule has 1 fully saturated rings. The van der Waals surface area contributed by atoms with Crippen LogP contribution < -0.4 is 10.1 Å². The van der Waals surface area contributed by atoms with Gasteiger partial charge in [0.2, 0.25) is 0 Å². The first kappa shape index (κ1) is 20.8. The van der Waals surface area contributed by atoms with Crippen molar-refractivity contribution in [1.29, 1.82) is 0 Å². The fraction of sp³-hybridized carbons (Fsp3) is 0.522. The number of hydrogen-bond acceptors (Lipinski definition) is 5. The largest absolute Gasteiger partial charge is 0.491 e. The predicted octanol–water partition coefficient (Wildman–Crippen LogP) is 3.03. The fourth-order valence-electron chi connectivity index (χ4n) is 3.62. The normalized spacial score (nSPS) is 16.5. The monoisotopic (exact) mass is 383 g/mol. The van der Waals surface area contributed by atoms with E-state index in [-0.39, 0.29) is 0 Å². The summed E-state index contributed by atoms with van der Waals surface area (Å²) in [5.41, 5.74) is 2.48. The van der Waals surface area contributed by atoms with E-state index in [4.69, 9.17) is 4.74 Å². The van der Waals surface area contributed by atoms with Crippen LogP contribution in [0, 0.1) is 0 Å². The molecule has 0 radical (unpaired) electrons. The standard InChI is InChI=1S/C23H33N3O2/c27-22(18-26-14-3-1-2-4-15-26)19-28-23-7-5-6-21(16-23)17-25-13-10-20-8-11-24-12-9-20/h5-9,11-12,16,22,25,27H,1-4,10,13-15,17-19H2. The number of ether oxygens (including phenoxy) is 1. The molecule has 5 heteroatoms. The van der Waals surface area contributed by atoms with Gasteiger partial charge < -0.3 is 20.1 Å². The Bertz CT molecular complexity index is 673. The average Bonchev–Trinajstić information content (AvgIpc) is 2.99. The van der Waals surface area contributed by atoms with Gasteiger partial charge in [-0.1, -0.05) is 25.0 Å². The van der Waals surface area contributed by atoms with Gasteiger partial charge in [0.1, 0.15) is 18.5 Å². The van der Waals surface area contributed by atoms with E-state index in [0.717, 1.165) is 38.3 Å². The Morgan fingerprint density at radius 3 is 2.61 bits per heavy atom. The van der Waals surface area contributed by atoms with E-state index < -0.39 is 6.10 Å². The van der Waals surface area contributed by atoms with Gasteiger partial charge in [-0.15, -0.1) is 0 Å². The lowest BCUT2D eigenvalue weighted by molar-refractivity contribution is 0.0693. The molecule has 2 N–H and O–H groups in total. The van der Waals surface area contributed by atoms with E-state index in [9.17, 15) is 5.11 Å². The van der Waals surface area contributed by atoms with Crippen LogP contribution in [0.2, 0.25) is 0 Å². The average molecular weight is 384 g/mol. The summed E-state index contributed by atoms with van der Waals surface area (Å²) in [6, 6.07) is 12.2. The molecule has 1 atom stereocenters. The molecule has 0 saturated carbocycles. The minimum atomic E-state index is -0.444. The summed E-state index contributed by atoms with van der Waals surface area (Å²) < 4.78 is 5.85. The van der Waals surface area contributed by atoms with Crippen LogP contribution in [-0.2, 0) is 13.0 Å². The van der Waals surface area contributed by atoms with Gasteiger partial charge in [0.25, 0.3) is 0 Å². The summed E-state index contributed by atoms with van der Waals surface area (Å²) in [7, 11) is 0. The molecule has 3 rings (SSSR count). The number of pyridine rings is 1. The lowest BCUT2D eigenvalue weighted by Crippen LogP contribution is -2.36. The molecule has 1 unspecified atom stereocenters. The second-order valence-corrected chi connectivity index (χ2v) is 7.61. The fourth-order valence-corrected chi connectivity index (χ4v) is 3.62. The first-order chi connectivity index (χ1) is 13.8. The Labute approximate surface area is 168 Å². The number of nitrogens with zero attached hydrogens (tertiary/aromatic N) is 2. The van der Waals surface area contributed by atoms with E-state index in [1.165, 1.54) is 36.8 Å². The third-order valence-electron chi connectivity index (χ3n) is 5.18. The summed E-state index contributed by atoms with van der Waals surface area (Å²) in [4.78, 5) is 6.41. The number of rotatable bonds is 10. The first-order valence-corrected chi connectivity index (χ1v) is 10.5. The van der Waals surface area contributed by atoms with Crippen molar-refractivity contribution >= 4 is 0 Å². The number of aliphatic hydroxyl groups is 1. The summed E-state index contributed by atoms with van der Waals surface area (Å²) in [5, 5.41) is 13.8. The molecular formula is C23H33N3O2. The van der Waals surface area contributed by atoms with Gasteiger partial charge in [-0.3, -0.25) is 4.98 Å². The Kier molecular flexibility index (Phi) is 8.75. The molecule has 2 heterocycles. The zero-order valence-corrected chi connectivity index (χ0v) is 16.7. The van der Waals surface area contributed by atoms with Crippen LogP contribution in [0.15, 0.2) is 48.8 Å². The van der Waals surface area contributed by atoms with Crippen LogP contribution in [-0.4, -0.2) is 53.9 Å². The molecule has 1 aliphatic heterocycles. The minimum Gasteiger partial charge on any atom is -0.491 e. The molecule has 1 aliphatic rings. The summed E-state index contributed by atoms with van der Waals surface area (Å²) in [6.45, 7) is 4.96. The van der Waals surface area contributed by atoms with Crippen molar-refractivity contribution in [2.45, 2.75) is 44.8 Å². The minimum absolute atomic E-state index is 0.343. The molecule has 0 amide bonds. The molecule has 0 spiro atoms. The van der Waals surface area contributed by atoms with Gasteiger partial charge in [-0.2, -0.15) is 0 Å². The number of β-amino-alcohol motifs (C(OH)–C–C–N with tert-alkyl or cyclic N) is 1. The van der Waals surface area contributed by atoms with Crippen molar-refractivity contribution < 1.29 is 9.84 Å². The number of aromatic nitrogens is 1. The molecule has 5 nitrogen and oxygen atoms in total. The van der Waals surface area contributed by atoms with Crippen molar-refractivity contribution in [3.05, 3.63) is 59.9 Å². The van der Waals surface area contributed by atoms with Crippen LogP contribution >= 0.6 is 0 Å². The highest BCUT2D eigenvalue weighted by Crippen LogP contribution is 2.14. The van der Waals surface area contributed by atoms with E-state index in [1.807, 2.05) is 36.7 Å². The molecule has 1 saturated heterocycles. The molecule has 0 aliphatic carbocycles. The third-order valence-corrected chi connectivity index (χ3v) is 5.18. The van der Waals surface area contributed by atoms with Gasteiger partial charge in [0.15, 0.2) is 0 Å². The quantitative estimate of drug-likeness (QED) is 0.618. The highest BCUT2D eigenvalue weighted by Gasteiger charge is 2.14. The second kappa shape index (κ2) is 11.8. The van der Waals surface area contributed by atoms with Gasteiger partial charge in [-0.05, 0) is 74.3 Å². The maximum absolute atomic E-state index is 10.3. The highest BCUT2D eigenvalue weighted by atomic mass is 16.5. The van der Waals surface area contributed by atoms with Crippen molar-refractivity contribution in [3.63, 3.8) is 0 Å². The van der Waals surface area contributed by atoms with Crippen molar-refractivity contribution in [3.8, 4) is 5.75 Å². The number of aliphatic hydroxyl groups excluding tert-OH is 1. The van der Waals surface area contributed by atoms with Crippen LogP contribution in [0.1, 0.15) is 36.8 Å². The topological polar surface area (TPSA) is 57.6 Å². The lowest BCUT2D eigenvalue weighted by Gasteiger charge is -2.23. The van der Waals surface area contributed by atoms with E-state index in [1.54, 1.807) is 0 Å². The van der Waals surface area contributed by atoms with Crippen LogP contribution in [0.4, 0.5) is 0 Å². The van der Waals surface area contributed by atoms with Crippen LogP contribution in [0.3, 0.4) is 0 Å². The molecule has 0 bridgehead atoms. The summed E-state index contributed by atoms with van der Waals surface area (Å²) >= 11 is 0. The molecule has 28 heavy (non-hydrogen) atoms. The van der Waals surface area contributed by atoms with Crippen molar-refractivity contribution in [1.82, 2.24) is 15.2 Å². The second-order valence-electron chi connectivity index (χ2n) is 7.61. The Morgan fingerprint density at radius 1 is 1.04 bits per heavy atom. The van der Waals surface area contributed by atoms with Crippen LogP contribution in [0.5, 0.6) is 5.75 Å². The van der Waals surface area contributed by atoms with Gasteiger partial charge in [-0.25, -0.2) is 0 Å². The zero-order chi connectivity index (χ0) is 19.4. The highest BCUT2D eigenvalue weighted by molar-refractivity contribution is 5.28. The maximum atomic E-state index is 10.3. The van der Waals surface area contributed by atoms with Crippen LogP contribution in [0.25, 0.3) is 0 Å². The number of hydrogen-bond donors (Lipinski definition) is 2. The van der Waals surface area contributed by atoms with Crippen molar-refractivity contribution in [2.24, 2.45) is 0 Å². The van der Waals surface area contributed by atoms with Gasteiger partial charge in [0, 0.05) is 25.5 Å². The van der Waals surface area contributed by atoms with Gasteiger partial charge in [0.05, 0.1) is 0 Å². The predicted molar refractivity (Wildman–Crippen MR) is 112 cm³/mol. The number of likely N-dealkylation sites (tertiary alicyclic amines) is 1. The van der Waals surface area contributed by atoms with Crippen molar-refractivity contribution in [2.75, 3.05) is 32.8 Å². The third kappa shape index (κ3) is 7.58. The summed E-state index contributed by atoms with van der Waals surface area (Å²) in [5.74, 6) is 0.823. The first-order valence-electron chi connectivity index (χ1n) is 10.5. The molecular weight excluding hydrogens is 350 g/mol. The number of benzene rings is 1. The summed E-state index contributed by atoms with van der Waals surface area (Å²) in [6.07, 6.45) is 9.31.